The zero-order chi connectivity index (χ0) is 18.6. The highest BCUT2D eigenvalue weighted by molar-refractivity contribution is 5.81. The van der Waals surface area contributed by atoms with Gasteiger partial charge in [-0.25, -0.2) is 4.68 Å². The molecule has 4 saturated carbocycles. The summed E-state index contributed by atoms with van der Waals surface area (Å²) < 4.78 is 1.31. The second-order valence-corrected chi connectivity index (χ2v) is 9.36. The summed E-state index contributed by atoms with van der Waals surface area (Å²) in [6, 6.07) is 7.39. The summed E-state index contributed by atoms with van der Waals surface area (Å²) in [4.78, 5) is 27.3. The van der Waals surface area contributed by atoms with Crippen molar-refractivity contribution in [1.82, 2.24) is 14.7 Å². The second kappa shape index (κ2) is 6.18. The molecular weight excluding hydrogens is 338 g/mol. The van der Waals surface area contributed by atoms with E-state index in [1.807, 2.05) is 30.1 Å². The van der Waals surface area contributed by atoms with Crippen molar-refractivity contribution in [3.63, 3.8) is 0 Å². The van der Waals surface area contributed by atoms with Gasteiger partial charge in [0.05, 0.1) is 11.6 Å². The Kier molecular flexibility index (Phi) is 3.88. The fraction of sp³-hybridized carbons (Fsp3) is 0.591. The van der Waals surface area contributed by atoms with E-state index in [1.54, 1.807) is 12.3 Å². The van der Waals surface area contributed by atoms with Gasteiger partial charge in [0.15, 0.2) is 0 Å². The Balaban J connectivity index is 1.32. The number of likely N-dealkylation sites (N-methyl/N-ethyl adjacent to an activating group) is 1. The first kappa shape index (κ1) is 17.0. The Morgan fingerprint density at radius 2 is 1.78 bits per heavy atom. The second-order valence-electron chi connectivity index (χ2n) is 9.36. The van der Waals surface area contributed by atoms with Gasteiger partial charge in [-0.3, -0.25) is 9.59 Å². The van der Waals surface area contributed by atoms with Gasteiger partial charge in [-0.1, -0.05) is 18.2 Å². The van der Waals surface area contributed by atoms with Crippen LogP contribution in [0.3, 0.4) is 0 Å². The van der Waals surface area contributed by atoms with Crippen molar-refractivity contribution >= 4 is 16.7 Å². The predicted molar refractivity (Wildman–Crippen MR) is 104 cm³/mol. The first-order chi connectivity index (χ1) is 13.0. The van der Waals surface area contributed by atoms with E-state index in [2.05, 4.69) is 5.10 Å². The van der Waals surface area contributed by atoms with Gasteiger partial charge in [-0.2, -0.15) is 5.10 Å². The molecular formula is C22H27N3O2. The molecule has 1 amide bonds. The van der Waals surface area contributed by atoms with Crippen LogP contribution in [0.25, 0.3) is 10.8 Å². The van der Waals surface area contributed by atoms with Crippen LogP contribution in [-0.2, 0) is 11.3 Å². The average molecular weight is 365 g/mol. The zero-order valence-electron chi connectivity index (χ0n) is 15.9. The van der Waals surface area contributed by atoms with Crippen LogP contribution in [0.5, 0.6) is 0 Å². The minimum absolute atomic E-state index is 0.0179. The number of nitrogens with zero attached hydrogens (tertiary/aromatic N) is 3. The topological polar surface area (TPSA) is 55.2 Å². The van der Waals surface area contributed by atoms with E-state index in [1.165, 1.54) is 43.2 Å². The molecule has 2 aromatic rings. The van der Waals surface area contributed by atoms with Crippen LogP contribution in [0, 0.1) is 23.2 Å². The maximum Gasteiger partial charge on any atom is 0.275 e. The number of fused-ring (bicyclic) bond motifs is 1. The summed E-state index contributed by atoms with van der Waals surface area (Å²) in [5.41, 5.74) is 0.130. The van der Waals surface area contributed by atoms with Crippen molar-refractivity contribution in [1.29, 1.82) is 0 Å². The Labute approximate surface area is 159 Å². The zero-order valence-corrected chi connectivity index (χ0v) is 15.9. The van der Waals surface area contributed by atoms with E-state index in [0.29, 0.717) is 10.8 Å². The molecule has 0 radical (unpaired) electrons. The first-order valence-corrected chi connectivity index (χ1v) is 10.2. The highest BCUT2D eigenvalue weighted by atomic mass is 16.2. The number of rotatable bonds is 4. The summed E-state index contributed by atoms with van der Waals surface area (Å²) in [7, 11) is 1.90. The molecule has 5 nitrogen and oxygen atoms in total. The third kappa shape index (κ3) is 2.97. The molecule has 0 unspecified atom stereocenters. The first-order valence-electron chi connectivity index (χ1n) is 10.2. The summed E-state index contributed by atoms with van der Waals surface area (Å²) in [6.45, 7) is 0.851. The predicted octanol–water partition coefficient (Wildman–Crippen LogP) is 3.07. The van der Waals surface area contributed by atoms with Crippen molar-refractivity contribution in [2.45, 2.75) is 45.1 Å². The Hall–Kier alpha value is -2.17. The van der Waals surface area contributed by atoms with Crippen molar-refractivity contribution in [2.24, 2.45) is 23.2 Å². The fourth-order valence-corrected chi connectivity index (χ4v) is 6.56. The molecule has 0 aliphatic heterocycles. The maximum absolute atomic E-state index is 12.9. The molecule has 1 heterocycles. The lowest BCUT2D eigenvalue weighted by atomic mass is 9.49. The molecule has 4 fully saturated rings. The molecule has 0 N–H and O–H groups in total. The van der Waals surface area contributed by atoms with Crippen LogP contribution >= 0.6 is 0 Å². The Morgan fingerprint density at radius 3 is 2.44 bits per heavy atom. The van der Waals surface area contributed by atoms with Crippen molar-refractivity contribution < 1.29 is 4.79 Å². The average Bonchev–Trinajstić information content (AvgIpc) is 2.62. The van der Waals surface area contributed by atoms with E-state index in [4.69, 9.17) is 0 Å². The summed E-state index contributed by atoms with van der Waals surface area (Å²) >= 11 is 0. The minimum atomic E-state index is -0.190. The molecule has 5 heteroatoms. The van der Waals surface area contributed by atoms with Crippen molar-refractivity contribution in [3.05, 3.63) is 40.8 Å². The van der Waals surface area contributed by atoms with E-state index >= 15 is 0 Å². The molecule has 4 bridgehead atoms. The van der Waals surface area contributed by atoms with Crippen LogP contribution in [0.1, 0.15) is 38.5 Å². The Bertz CT molecular complexity index is 913. The van der Waals surface area contributed by atoms with Crippen LogP contribution in [0.2, 0.25) is 0 Å². The molecule has 4 aliphatic rings. The SMILES string of the molecule is CN(CC12CC3CC(CC(C3)C1)C2)C(=O)Cn1ncc2ccccc2c1=O. The van der Waals surface area contributed by atoms with Crippen LogP contribution in [0.4, 0.5) is 0 Å². The molecule has 6 rings (SSSR count). The van der Waals surface area contributed by atoms with E-state index in [0.717, 1.165) is 29.7 Å². The fourth-order valence-electron chi connectivity index (χ4n) is 6.56. The molecule has 0 spiro atoms. The van der Waals surface area contributed by atoms with Gasteiger partial charge in [-0.15, -0.1) is 0 Å². The van der Waals surface area contributed by atoms with Crippen LogP contribution in [-0.4, -0.2) is 34.2 Å². The maximum atomic E-state index is 12.9. The molecule has 27 heavy (non-hydrogen) atoms. The van der Waals surface area contributed by atoms with Gasteiger partial charge in [-0.05, 0) is 67.8 Å². The summed E-state index contributed by atoms with van der Waals surface area (Å²) in [6.07, 6.45) is 9.75. The number of carbonyl (C=O) groups is 1. The van der Waals surface area contributed by atoms with E-state index in [-0.39, 0.29) is 18.0 Å². The number of carbonyl (C=O) groups excluding carboxylic acids is 1. The minimum Gasteiger partial charge on any atom is -0.344 e. The largest absolute Gasteiger partial charge is 0.344 e. The van der Waals surface area contributed by atoms with Gasteiger partial charge in [0.2, 0.25) is 5.91 Å². The molecule has 1 aromatic carbocycles. The summed E-state index contributed by atoms with van der Waals surface area (Å²) in [5.74, 6) is 2.62. The number of amides is 1. The van der Waals surface area contributed by atoms with Crippen molar-refractivity contribution in [3.8, 4) is 0 Å². The monoisotopic (exact) mass is 365 g/mol. The molecule has 0 atom stereocenters. The number of aromatic nitrogens is 2. The van der Waals surface area contributed by atoms with E-state index < -0.39 is 0 Å². The Morgan fingerprint density at radius 1 is 1.15 bits per heavy atom. The lowest BCUT2D eigenvalue weighted by molar-refractivity contribution is -0.136. The number of benzene rings is 1. The highest BCUT2D eigenvalue weighted by Gasteiger charge is 2.51. The van der Waals surface area contributed by atoms with Crippen molar-refractivity contribution in [2.75, 3.05) is 13.6 Å². The highest BCUT2D eigenvalue weighted by Crippen LogP contribution is 2.60. The molecule has 142 valence electrons. The molecule has 1 aromatic heterocycles. The third-order valence-corrected chi connectivity index (χ3v) is 7.21. The van der Waals surface area contributed by atoms with Crippen LogP contribution < -0.4 is 5.56 Å². The lowest BCUT2D eigenvalue weighted by Crippen LogP contribution is -2.52. The smallest absolute Gasteiger partial charge is 0.275 e. The standard InChI is InChI=1S/C22H27N3O2/c1-24(14-22-9-15-6-16(10-22)8-17(7-15)11-22)20(26)13-25-21(27)19-5-3-2-4-18(19)12-23-25/h2-5,12,15-17H,6-11,13-14H2,1H3. The summed E-state index contributed by atoms with van der Waals surface area (Å²) in [5, 5.41) is 5.64. The third-order valence-electron chi connectivity index (χ3n) is 7.21. The van der Waals surface area contributed by atoms with E-state index in [9.17, 15) is 9.59 Å². The number of hydrogen-bond acceptors (Lipinski definition) is 3. The lowest BCUT2D eigenvalue weighted by Gasteiger charge is -2.57. The van der Waals surface area contributed by atoms with Gasteiger partial charge < -0.3 is 4.90 Å². The van der Waals surface area contributed by atoms with Gasteiger partial charge in [0.1, 0.15) is 6.54 Å². The van der Waals surface area contributed by atoms with Gasteiger partial charge in [0.25, 0.3) is 5.56 Å². The quantitative estimate of drug-likeness (QED) is 0.837. The normalized spacial score (nSPS) is 31.4. The van der Waals surface area contributed by atoms with Gasteiger partial charge in [0, 0.05) is 19.0 Å². The van der Waals surface area contributed by atoms with Crippen LogP contribution in [0.15, 0.2) is 35.3 Å². The molecule has 0 saturated heterocycles. The van der Waals surface area contributed by atoms with Gasteiger partial charge >= 0.3 is 0 Å². The molecule has 4 aliphatic carbocycles. The number of hydrogen-bond donors (Lipinski definition) is 0.